The van der Waals surface area contributed by atoms with Crippen LogP contribution in [-0.2, 0) is 14.4 Å². The van der Waals surface area contributed by atoms with Crippen LogP contribution >= 0.6 is 0 Å². The second-order valence-corrected chi connectivity index (χ2v) is 7.62. The number of carbonyl (C=O) groups is 3. The smallest absolute Gasteiger partial charge is 0.471 e. The number of hydrogen-bond acceptors (Lipinski definition) is 5. The summed E-state index contributed by atoms with van der Waals surface area (Å²) in [7, 11) is 0. The number of carboxylic acid groups (broad SMARTS) is 1. The Hall–Kier alpha value is -2.14. The van der Waals surface area contributed by atoms with Gasteiger partial charge in [0.2, 0.25) is 5.91 Å². The van der Waals surface area contributed by atoms with Crippen LogP contribution in [0.4, 0.5) is 13.2 Å². The van der Waals surface area contributed by atoms with Gasteiger partial charge in [0.1, 0.15) is 5.70 Å². The molecule has 0 aliphatic carbocycles. The highest BCUT2D eigenvalue weighted by atomic mass is 19.4. The summed E-state index contributed by atoms with van der Waals surface area (Å²) >= 11 is 0. The lowest BCUT2D eigenvalue weighted by Gasteiger charge is -2.46. The van der Waals surface area contributed by atoms with Crippen molar-refractivity contribution in [2.24, 2.45) is 11.8 Å². The molecule has 5 unspecified atom stereocenters. The van der Waals surface area contributed by atoms with E-state index in [1.54, 1.807) is 11.8 Å². The predicted octanol–water partition coefficient (Wildman–Crippen LogP) is -0.0646. The third-order valence-electron chi connectivity index (χ3n) is 5.78. The number of carboxylic acids is 1. The fourth-order valence-electron chi connectivity index (χ4n) is 4.46. The molecule has 5 atom stereocenters. The normalized spacial score (nSPS) is 31.6. The van der Waals surface area contributed by atoms with E-state index >= 15 is 0 Å². The minimum atomic E-state index is -4.95. The largest absolute Gasteiger partial charge is 0.477 e. The number of aliphatic carboxylic acids is 1. The lowest BCUT2D eigenvalue weighted by molar-refractivity contribution is -0.174. The third-order valence-corrected chi connectivity index (χ3v) is 5.78. The minimum absolute atomic E-state index is 0.109. The van der Waals surface area contributed by atoms with Crippen LogP contribution in [-0.4, -0.2) is 81.8 Å². The molecule has 3 heterocycles. The van der Waals surface area contributed by atoms with E-state index in [1.807, 2.05) is 5.32 Å². The van der Waals surface area contributed by atoms with Crippen LogP contribution in [0.1, 0.15) is 20.3 Å². The molecule has 0 radical (unpaired) electrons. The van der Waals surface area contributed by atoms with Gasteiger partial charge in [0, 0.05) is 31.6 Å². The maximum atomic E-state index is 12.4. The van der Waals surface area contributed by atoms with Gasteiger partial charge in [-0.15, -0.1) is 0 Å². The van der Waals surface area contributed by atoms with Crippen LogP contribution in [0.3, 0.4) is 0 Å². The molecule has 156 valence electrons. The Kier molecular flexibility index (Phi) is 5.17. The molecule has 2 fully saturated rings. The number of alkyl halides is 3. The standard InChI is InChI=1S/C17H22F3N3O5/c1-7-10(6-22-4-3-9(5-22)21-16(28)17(18,19)20)13(15(26)27)23-12(7)11(8(2)24)14(23)25/h7-9,11-12,24H,3-6H2,1-2H3,(H,21,28)(H,26,27). The van der Waals surface area contributed by atoms with Gasteiger partial charge in [0.15, 0.2) is 0 Å². The molecule has 3 aliphatic heterocycles. The number of hydrogen-bond donors (Lipinski definition) is 3. The number of β-lactam (4-membered cyclic amide) rings is 1. The molecule has 0 aromatic heterocycles. The molecule has 2 saturated heterocycles. The molecule has 0 saturated carbocycles. The topological polar surface area (TPSA) is 110 Å². The van der Waals surface area contributed by atoms with E-state index in [1.165, 1.54) is 11.8 Å². The van der Waals surface area contributed by atoms with Crippen molar-refractivity contribution in [3.8, 4) is 0 Å². The fraction of sp³-hybridized carbons (Fsp3) is 0.706. The molecule has 3 N–H and O–H groups in total. The van der Waals surface area contributed by atoms with Crippen LogP contribution in [0.15, 0.2) is 11.3 Å². The molecule has 3 rings (SSSR count). The molecule has 3 aliphatic rings. The Balaban J connectivity index is 1.71. The molecule has 2 amide bonds. The first kappa shape index (κ1) is 20.6. The van der Waals surface area contributed by atoms with Gasteiger partial charge in [0.05, 0.1) is 18.1 Å². The Morgan fingerprint density at radius 1 is 1.36 bits per heavy atom. The maximum absolute atomic E-state index is 12.4. The number of aliphatic hydroxyl groups excluding tert-OH is 1. The number of fused-ring (bicyclic) bond motifs is 1. The van der Waals surface area contributed by atoms with Crippen LogP contribution < -0.4 is 5.32 Å². The van der Waals surface area contributed by atoms with Gasteiger partial charge in [-0.25, -0.2) is 4.79 Å². The summed E-state index contributed by atoms with van der Waals surface area (Å²) in [5.41, 5.74) is 0.402. The van der Waals surface area contributed by atoms with Crippen molar-refractivity contribution in [1.82, 2.24) is 15.1 Å². The van der Waals surface area contributed by atoms with Gasteiger partial charge in [-0.2, -0.15) is 13.2 Å². The van der Waals surface area contributed by atoms with Gasteiger partial charge in [0.25, 0.3) is 0 Å². The van der Waals surface area contributed by atoms with Gasteiger partial charge in [-0.05, 0) is 18.9 Å². The molecular weight excluding hydrogens is 383 g/mol. The Labute approximate surface area is 159 Å². The highest BCUT2D eigenvalue weighted by Gasteiger charge is 2.59. The summed E-state index contributed by atoms with van der Waals surface area (Å²) in [6.45, 7) is 3.99. The first-order valence-electron chi connectivity index (χ1n) is 9.01. The summed E-state index contributed by atoms with van der Waals surface area (Å²) in [5, 5.41) is 21.4. The summed E-state index contributed by atoms with van der Waals surface area (Å²) in [6, 6.07) is -1.11. The zero-order valence-corrected chi connectivity index (χ0v) is 15.4. The molecule has 11 heteroatoms. The average molecular weight is 405 g/mol. The van der Waals surface area contributed by atoms with Crippen molar-refractivity contribution >= 4 is 17.8 Å². The number of nitrogens with zero attached hydrogens (tertiary/aromatic N) is 2. The second kappa shape index (κ2) is 7.03. The van der Waals surface area contributed by atoms with Gasteiger partial charge in [-0.1, -0.05) is 6.92 Å². The predicted molar refractivity (Wildman–Crippen MR) is 88.7 cm³/mol. The average Bonchev–Trinajstić information content (AvgIpc) is 3.09. The van der Waals surface area contributed by atoms with E-state index in [4.69, 9.17) is 0 Å². The van der Waals surface area contributed by atoms with Gasteiger partial charge in [-0.3, -0.25) is 14.5 Å². The first-order valence-corrected chi connectivity index (χ1v) is 9.01. The quantitative estimate of drug-likeness (QED) is 0.553. The molecule has 28 heavy (non-hydrogen) atoms. The van der Waals surface area contributed by atoms with E-state index in [0.29, 0.717) is 18.5 Å². The monoisotopic (exact) mass is 405 g/mol. The van der Waals surface area contributed by atoms with Crippen LogP contribution in [0.5, 0.6) is 0 Å². The molecule has 8 nitrogen and oxygen atoms in total. The summed E-state index contributed by atoms with van der Waals surface area (Å²) in [4.78, 5) is 38.1. The fourth-order valence-corrected chi connectivity index (χ4v) is 4.46. The van der Waals surface area contributed by atoms with Crippen molar-refractivity contribution < 1.29 is 37.8 Å². The molecule has 0 aromatic carbocycles. The van der Waals surface area contributed by atoms with Crippen molar-refractivity contribution in [1.29, 1.82) is 0 Å². The molecular formula is C17H22F3N3O5. The van der Waals surface area contributed by atoms with E-state index in [-0.39, 0.29) is 24.7 Å². The highest BCUT2D eigenvalue weighted by Crippen LogP contribution is 2.47. The number of carbonyl (C=O) groups excluding carboxylic acids is 2. The van der Waals surface area contributed by atoms with Crippen molar-refractivity contribution in [3.63, 3.8) is 0 Å². The SMILES string of the molecule is CC(O)C1C(=O)N2C(C(=O)O)=C(CN3CCC(NC(=O)C(F)(F)F)C3)C(C)C12. The number of amides is 2. The number of likely N-dealkylation sites (tertiary alicyclic amines) is 1. The van der Waals surface area contributed by atoms with E-state index in [0.717, 1.165) is 0 Å². The summed E-state index contributed by atoms with van der Waals surface area (Å²) in [5.74, 6) is -4.64. The van der Waals surface area contributed by atoms with Crippen LogP contribution in [0.2, 0.25) is 0 Å². The van der Waals surface area contributed by atoms with Crippen molar-refractivity contribution in [2.45, 2.75) is 44.6 Å². The number of halogens is 3. The molecule has 0 aromatic rings. The molecule has 0 bridgehead atoms. The zero-order valence-electron chi connectivity index (χ0n) is 15.4. The summed E-state index contributed by atoms with van der Waals surface area (Å²) < 4.78 is 37.2. The third kappa shape index (κ3) is 3.37. The van der Waals surface area contributed by atoms with Crippen LogP contribution in [0, 0.1) is 11.8 Å². The Bertz CT molecular complexity index is 736. The number of rotatable bonds is 5. The molecule has 0 spiro atoms. The first-order chi connectivity index (χ1) is 12.9. The van der Waals surface area contributed by atoms with Crippen molar-refractivity contribution in [2.75, 3.05) is 19.6 Å². The lowest BCUT2D eigenvalue weighted by Crippen LogP contribution is -2.63. The summed E-state index contributed by atoms with van der Waals surface area (Å²) in [6.07, 6.45) is -5.54. The Morgan fingerprint density at radius 2 is 2.00 bits per heavy atom. The van der Waals surface area contributed by atoms with E-state index in [2.05, 4.69) is 0 Å². The number of aliphatic hydroxyl groups is 1. The lowest BCUT2D eigenvalue weighted by atomic mass is 9.77. The number of nitrogens with one attached hydrogen (secondary N) is 1. The van der Waals surface area contributed by atoms with Gasteiger partial charge < -0.3 is 20.4 Å². The minimum Gasteiger partial charge on any atom is -0.477 e. The van der Waals surface area contributed by atoms with E-state index in [9.17, 15) is 37.8 Å². The van der Waals surface area contributed by atoms with Gasteiger partial charge >= 0.3 is 18.1 Å². The highest BCUT2D eigenvalue weighted by molar-refractivity contribution is 6.00. The van der Waals surface area contributed by atoms with Crippen LogP contribution in [0.25, 0.3) is 0 Å². The Morgan fingerprint density at radius 3 is 2.54 bits per heavy atom. The maximum Gasteiger partial charge on any atom is 0.471 e. The van der Waals surface area contributed by atoms with E-state index < -0.39 is 48.1 Å². The second-order valence-electron chi connectivity index (χ2n) is 7.62. The van der Waals surface area contributed by atoms with Crippen molar-refractivity contribution in [3.05, 3.63) is 11.3 Å². The zero-order chi connectivity index (χ0) is 21.0.